The molecule has 6 nitrogen and oxygen atoms in total. The molecule has 0 bridgehead atoms. The zero-order chi connectivity index (χ0) is 18.7. The zero-order valence-electron chi connectivity index (χ0n) is 15.5. The van der Waals surface area contributed by atoms with Crippen molar-refractivity contribution in [2.45, 2.75) is 20.8 Å². The molecule has 6 heteroatoms. The van der Waals surface area contributed by atoms with Crippen molar-refractivity contribution >= 4 is 23.2 Å². The molecule has 2 aromatic rings. The van der Waals surface area contributed by atoms with E-state index in [0.717, 1.165) is 11.4 Å². The van der Waals surface area contributed by atoms with Crippen LogP contribution in [0.5, 0.6) is 0 Å². The largest absolute Gasteiger partial charge is 0.355 e. The summed E-state index contributed by atoms with van der Waals surface area (Å²) < 4.78 is 0. The van der Waals surface area contributed by atoms with E-state index in [0.29, 0.717) is 31.9 Å². The number of hydrogen-bond acceptors (Lipinski definition) is 4. The Hall–Kier alpha value is -2.89. The molecule has 0 aliphatic carbocycles. The number of benzene rings is 1. The Morgan fingerprint density at radius 2 is 1.58 bits per heavy atom. The molecule has 2 amide bonds. The van der Waals surface area contributed by atoms with Crippen LogP contribution >= 0.6 is 0 Å². The summed E-state index contributed by atoms with van der Waals surface area (Å²) in [4.78, 5) is 31.9. The van der Waals surface area contributed by atoms with E-state index in [1.165, 1.54) is 11.1 Å². The average molecular weight is 352 g/mol. The normalized spacial score (nSPS) is 14.3. The number of rotatable bonds is 3. The lowest BCUT2D eigenvalue weighted by atomic mass is 10.1. The molecule has 1 aromatic heterocycles. The van der Waals surface area contributed by atoms with Crippen LogP contribution in [-0.4, -0.2) is 52.8 Å². The van der Waals surface area contributed by atoms with Crippen molar-refractivity contribution in [2.75, 3.05) is 31.5 Å². The van der Waals surface area contributed by atoms with Crippen LogP contribution in [-0.2, 0) is 4.79 Å². The average Bonchev–Trinajstić information content (AvgIpc) is 2.64. The van der Waals surface area contributed by atoms with E-state index in [2.05, 4.69) is 36.3 Å². The van der Waals surface area contributed by atoms with Crippen molar-refractivity contribution in [1.29, 1.82) is 0 Å². The molecule has 1 aliphatic heterocycles. The first kappa shape index (κ1) is 17.9. The molecule has 0 unspecified atom stereocenters. The van der Waals surface area contributed by atoms with Crippen molar-refractivity contribution in [3.05, 3.63) is 53.3 Å². The maximum atomic E-state index is 12.7. The number of pyridine rings is 1. The van der Waals surface area contributed by atoms with Gasteiger partial charge >= 0.3 is 0 Å². The Kier molecular flexibility index (Phi) is 5.21. The predicted molar refractivity (Wildman–Crippen MR) is 102 cm³/mol. The minimum Gasteiger partial charge on any atom is -0.355 e. The summed E-state index contributed by atoms with van der Waals surface area (Å²) in [6.07, 6.45) is 1.64. The summed E-state index contributed by atoms with van der Waals surface area (Å²) in [7, 11) is 0. The van der Waals surface area contributed by atoms with Crippen molar-refractivity contribution < 1.29 is 9.59 Å². The second-order valence-corrected chi connectivity index (χ2v) is 6.65. The van der Waals surface area contributed by atoms with E-state index in [-0.39, 0.29) is 11.8 Å². The van der Waals surface area contributed by atoms with Gasteiger partial charge in [-0.05, 0) is 49.2 Å². The van der Waals surface area contributed by atoms with Gasteiger partial charge in [0.15, 0.2) is 0 Å². The highest BCUT2D eigenvalue weighted by Gasteiger charge is 2.24. The molecule has 136 valence electrons. The van der Waals surface area contributed by atoms with Gasteiger partial charge in [-0.15, -0.1) is 0 Å². The fourth-order valence-electron chi connectivity index (χ4n) is 3.00. The minimum atomic E-state index is -0.100. The van der Waals surface area contributed by atoms with Crippen LogP contribution in [0.4, 0.5) is 11.4 Å². The molecular formula is C20H24N4O2. The predicted octanol–water partition coefficient (Wildman–Crippen LogP) is 2.75. The Morgan fingerprint density at radius 1 is 0.923 bits per heavy atom. The van der Waals surface area contributed by atoms with Gasteiger partial charge in [0.05, 0.1) is 0 Å². The second-order valence-electron chi connectivity index (χ2n) is 6.65. The van der Waals surface area contributed by atoms with Gasteiger partial charge in [-0.25, -0.2) is 0 Å². The van der Waals surface area contributed by atoms with Gasteiger partial charge < -0.3 is 15.1 Å². The van der Waals surface area contributed by atoms with Gasteiger partial charge in [-0.1, -0.05) is 6.07 Å². The third-order valence-electron chi connectivity index (χ3n) is 4.79. The fourth-order valence-corrected chi connectivity index (χ4v) is 3.00. The quantitative estimate of drug-likeness (QED) is 0.922. The van der Waals surface area contributed by atoms with E-state index in [4.69, 9.17) is 0 Å². The van der Waals surface area contributed by atoms with Gasteiger partial charge in [-0.2, -0.15) is 0 Å². The lowest BCUT2D eigenvalue weighted by molar-refractivity contribution is -0.130. The molecule has 1 N–H and O–H groups in total. The summed E-state index contributed by atoms with van der Waals surface area (Å²) in [5.41, 5.74) is 4.67. The van der Waals surface area contributed by atoms with Crippen LogP contribution in [0.15, 0.2) is 36.5 Å². The van der Waals surface area contributed by atoms with Gasteiger partial charge in [0.2, 0.25) is 5.91 Å². The number of aryl methyl sites for hydroxylation is 2. The Labute approximate surface area is 153 Å². The summed E-state index contributed by atoms with van der Waals surface area (Å²) in [6, 6.07) is 9.79. The molecule has 3 rings (SSSR count). The SMILES string of the molecule is CC(=O)N1CCN(C(=O)c2cc(Nc3ccc(C)c(C)c3)ccn2)CC1. The number of piperazine rings is 1. The first-order valence-corrected chi connectivity index (χ1v) is 8.79. The third-order valence-corrected chi connectivity index (χ3v) is 4.79. The van der Waals surface area contributed by atoms with E-state index >= 15 is 0 Å². The lowest BCUT2D eigenvalue weighted by Crippen LogP contribution is -2.50. The molecular weight excluding hydrogens is 328 g/mol. The number of carbonyl (C=O) groups excluding carboxylic acids is 2. The number of anilines is 2. The Morgan fingerprint density at radius 3 is 2.23 bits per heavy atom. The standard InChI is InChI=1S/C20H24N4O2/c1-14-4-5-17(12-15(14)2)22-18-6-7-21-19(13-18)20(26)24-10-8-23(9-11-24)16(3)25/h4-7,12-13H,8-11H2,1-3H3,(H,21,22). The monoisotopic (exact) mass is 352 g/mol. The molecule has 2 heterocycles. The summed E-state index contributed by atoms with van der Waals surface area (Å²) in [5, 5.41) is 3.33. The van der Waals surface area contributed by atoms with Crippen molar-refractivity contribution in [1.82, 2.24) is 14.8 Å². The van der Waals surface area contributed by atoms with Gasteiger partial charge in [0, 0.05) is 50.7 Å². The van der Waals surface area contributed by atoms with Crippen LogP contribution in [0, 0.1) is 13.8 Å². The number of nitrogens with zero attached hydrogens (tertiary/aromatic N) is 3. The van der Waals surface area contributed by atoms with Crippen LogP contribution in [0.3, 0.4) is 0 Å². The van der Waals surface area contributed by atoms with E-state index < -0.39 is 0 Å². The van der Waals surface area contributed by atoms with Gasteiger partial charge in [0.25, 0.3) is 5.91 Å². The molecule has 1 fully saturated rings. The highest BCUT2D eigenvalue weighted by Crippen LogP contribution is 2.20. The molecule has 0 atom stereocenters. The van der Waals surface area contributed by atoms with Crippen LogP contribution in [0.1, 0.15) is 28.5 Å². The number of nitrogens with one attached hydrogen (secondary N) is 1. The third kappa shape index (κ3) is 4.02. The molecule has 0 radical (unpaired) electrons. The van der Waals surface area contributed by atoms with Crippen LogP contribution < -0.4 is 5.32 Å². The number of amides is 2. The number of carbonyl (C=O) groups is 2. The Balaban J connectivity index is 1.69. The van der Waals surface area contributed by atoms with Crippen molar-refractivity contribution in [3.8, 4) is 0 Å². The highest BCUT2D eigenvalue weighted by atomic mass is 16.2. The molecule has 1 saturated heterocycles. The van der Waals surface area contributed by atoms with Crippen LogP contribution in [0.2, 0.25) is 0 Å². The smallest absolute Gasteiger partial charge is 0.272 e. The van der Waals surface area contributed by atoms with Crippen LogP contribution in [0.25, 0.3) is 0 Å². The summed E-state index contributed by atoms with van der Waals surface area (Å²) in [5.74, 6) is -0.0493. The molecule has 0 spiro atoms. The van der Waals surface area contributed by atoms with Crippen molar-refractivity contribution in [2.24, 2.45) is 0 Å². The van der Waals surface area contributed by atoms with Gasteiger partial charge in [0.1, 0.15) is 5.69 Å². The number of aromatic nitrogens is 1. The minimum absolute atomic E-state index is 0.0508. The summed E-state index contributed by atoms with van der Waals surface area (Å²) >= 11 is 0. The summed E-state index contributed by atoms with van der Waals surface area (Å²) in [6.45, 7) is 7.92. The lowest BCUT2D eigenvalue weighted by Gasteiger charge is -2.34. The van der Waals surface area contributed by atoms with E-state index in [1.807, 2.05) is 12.1 Å². The first-order chi connectivity index (χ1) is 12.4. The highest BCUT2D eigenvalue weighted by molar-refractivity contribution is 5.93. The number of hydrogen-bond donors (Lipinski definition) is 1. The molecule has 1 aromatic carbocycles. The molecule has 1 aliphatic rings. The second kappa shape index (κ2) is 7.56. The topological polar surface area (TPSA) is 65.5 Å². The molecule has 0 saturated carbocycles. The Bertz CT molecular complexity index is 826. The first-order valence-electron chi connectivity index (χ1n) is 8.79. The maximum absolute atomic E-state index is 12.7. The van der Waals surface area contributed by atoms with Crippen molar-refractivity contribution in [3.63, 3.8) is 0 Å². The van der Waals surface area contributed by atoms with Gasteiger partial charge in [-0.3, -0.25) is 14.6 Å². The molecule has 26 heavy (non-hydrogen) atoms. The fraction of sp³-hybridized carbons (Fsp3) is 0.350. The zero-order valence-corrected chi connectivity index (χ0v) is 15.5. The maximum Gasteiger partial charge on any atom is 0.272 e. The van der Waals surface area contributed by atoms with E-state index in [9.17, 15) is 9.59 Å². The van der Waals surface area contributed by atoms with E-state index in [1.54, 1.807) is 29.0 Å².